The number of fused-ring (bicyclic) bond motifs is 1. The molecule has 0 spiro atoms. The van der Waals surface area contributed by atoms with Crippen LogP contribution in [0.25, 0.3) is 22.0 Å². The molecule has 3 aromatic rings. The smallest absolute Gasteiger partial charge is 0.335 e. The topological polar surface area (TPSA) is 40.5 Å². The van der Waals surface area contributed by atoms with E-state index in [1.165, 1.54) is 0 Å². The summed E-state index contributed by atoms with van der Waals surface area (Å²) in [6, 6.07) is 18.2. The summed E-state index contributed by atoms with van der Waals surface area (Å²) >= 11 is 5.80. The molecular formula is C23H23NO3S. The number of hydrogen-bond donors (Lipinski definition) is 0. The number of aromatic nitrogens is 1. The number of carbonyl (C=O) groups is 1. The van der Waals surface area contributed by atoms with E-state index < -0.39 is 5.97 Å². The standard InChI is InChI=1S/C23H23NO3S/c1-15(2)23(25)27-14-26-19-11-9-17(10-12-19)20-13-18-7-5-6-8-21(18)24(16(3)4)22(20)28/h5-13,16H,1,14H2,2-4H3. The van der Waals surface area contributed by atoms with Gasteiger partial charge in [0.25, 0.3) is 0 Å². The normalized spacial score (nSPS) is 10.9. The SMILES string of the molecule is C=C(C)C(=O)OCOc1ccc(-c2cc3ccccc3n(C(C)C)c2=S)cc1. The van der Waals surface area contributed by atoms with E-state index in [4.69, 9.17) is 21.7 Å². The number of hydrogen-bond acceptors (Lipinski definition) is 4. The summed E-state index contributed by atoms with van der Waals surface area (Å²) in [6.07, 6.45) is 0. The molecule has 2 aromatic carbocycles. The van der Waals surface area contributed by atoms with Crippen molar-refractivity contribution >= 4 is 29.1 Å². The molecule has 0 aliphatic carbocycles. The monoisotopic (exact) mass is 393 g/mol. The average Bonchev–Trinajstić information content (AvgIpc) is 2.67. The van der Waals surface area contributed by atoms with Crippen LogP contribution in [0.3, 0.4) is 0 Å². The van der Waals surface area contributed by atoms with Gasteiger partial charge >= 0.3 is 5.97 Å². The van der Waals surface area contributed by atoms with Gasteiger partial charge in [0.2, 0.25) is 6.79 Å². The summed E-state index contributed by atoms with van der Waals surface area (Å²) in [4.78, 5) is 11.4. The van der Waals surface area contributed by atoms with Gasteiger partial charge in [-0.25, -0.2) is 4.79 Å². The first-order chi connectivity index (χ1) is 13.4. The number of benzene rings is 2. The molecule has 144 valence electrons. The third-order valence-corrected chi connectivity index (χ3v) is 4.81. The lowest BCUT2D eigenvalue weighted by Gasteiger charge is -2.18. The van der Waals surface area contributed by atoms with Gasteiger partial charge in [-0.15, -0.1) is 0 Å². The molecule has 1 aromatic heterocycles. The fraction of sp³-hybridized carbons (Fsp3) is 0.217. The quantitative estimate of drug-likeness (QED) is 0.220. The van der Waals surface area contributed by atoms with Crippen LogP contribution in [0.4, 0.5) is 0 Å². The van der Waals surface area contributed by atoms with Crippen molar-refractivity contribution in [3.8, 4) is 16.9 Å². The van der Waals surface area contributed by atoms with Crippen LogP contribution in [0.15, 0.2) is 66.7 Å². The molecule has 0 radical (unpaired) electrons. The molecule has 0 saturated heterocycles. The molecule has 0 fully saturated rings. The largest absolute Gasteiger partial charge is 0.457 e. The number of para-hydroxylation sites is 1. The van der Waals surface area contributed by atoms with Crippen molar-refractivity contribution in [1.29, 1.82) is 0 Å². The Bertz CT molecular complexity index is 1080. The van der Waals surface area contributed by atoms with Gasteiger partial charge in [0, 0.05) is 22.7 Å². The second-order valence-electron chi connectivity index (χ2n) is 6.88. The summed E-state index contributed by atoms with van der Waals surface area (Å²) in [6.45, 7) is 9.24. The average molecular weight is 394 g/mol. The molecule has 5 heteroatoms. The van der Waals surface area contributed by atoms with E-state index >= 15 is 0 Å². The number of rotatable bonds is 6. The zero-order valence-corrected chi connectivity index (χ0v) is 17.1. The molecule has 0 atom stereocenters. The number of esters is 1. The second kappa shape index (κ2) is 8.40. The fourth-order valence-corrected chi connectivity index (χ4v) is 3.50. The van der Waals surface area contributed by atoms with Crippen molar-refractivity contribution in [2.45, 2.75) is 26.8 Å². The molecule has 0 aliphatic heterocycles. The van der Waals surface area contributed by atoms with Crippen LogP contribution in [0.2, 0.25) is 0 Å². The molecule has 1 heterocycles. The number of pyridine rings is 1. The van der Waals surface area contributed by atoms with Crippen molar-refractivity contribution in [3.05, 3.63) is 71.4 Å². The summed E-state index contributed by atoms with van der Waals surface area (Å²) < 4.78 is 13.4. The van der Waals surface area contributed by atoms with Gasteiger partial charge in [0.05, 0.1) is 0 Å². The van der Waals surface area contributed by atoms with Crippen molar-refractivity contribution in [2.75, 3.05) is 6.79 Å². The number of carbonyl (C=O) groups excluding carboxylic acids is 1. The minimum Gasteiger partial charge on any atom is -0.457 e. The maximum absolute atomic E-state index is 11.4. The lowest BCUT2D eigenvalue weighted by molar-refractivity contribution is -0.145. The van der Waals surface area contributed by atoms with E-state index in [-0.39, 0.29) is 12.8 Å². The predicted molar refractivity (Wildman–Crippen MR) is 115 cm³/mol. The van der Waals surface area contributed by atoms with Crippen molar-refractivity contribution < 1.29 is 14.3 Å². The minimum atomic E-state index is -0.471. The van der Waals surface area contributed by atoms with Crippen LogP contribution in [-0.2, 0) is 9.53 Å². The third kappa shape index (κ3) is 4.15. The van der Waals surface area contributed by atoms with Crippen LogP contribution in [-0.4, -0.2) is 17.3 Å². The maximum atomic E-state index is 11.4. The number of nitrogens with zero attached hydrogens (tertiary/aromatic N) is 1. The summed E-state index contributed by atoms with van der Waals surface area (Å²) in [5.41, 5.74) is 3.48. The molecular weight excluding hydrogens is 370 g/mol. The molecule has 0 aliphatic rings. The van der Waals surface area contributed by atoms with E-state index in [0.717, 1.165) is 26.7 Å². The zero-order valence-electron chi connectivity index (χ0n) is 16.3. The highest BCUT2D eigenvalue weighted by Crippen LogP contribution is 2.29. The summed E-state index contributed by atoms with van der Waals surface area (Å²) in [5.74, 6) is 0.142. The molecule has 0 bridgehead atoms. The van der Waals surface area contributed by atoms with Gasteiger partial charge < -0.3 is 14.0 Å². The van der Waals surface area contributed by atoms with Gasteiger partial charge in [-0.2, -0.15) is 0 Å². The highest BCUT2D eigenvalue weighted by Gasteiger charge is 2.11. The molecule has 0 N–H and O–H groups in total. The Morgan fingerprint density at radius 1 is 1.14 bits per heavy atom. The zero-order chi connectivity index (χ0) is 20.3. The first kappa shape index (κ1) is 19.8. The minimum absolute atomic E-state index is 0.152. The van der Waals surface area contributed by atoms with E-state index in [1.807, 2.05) is 36.4 Å². The van der Waals surface area contributed by atoms with Crippen molar-refractivity contribution in [1.82, 2.24) is 4.57 Å². The van der Waals surface area contributed by atoms with Gasteiger partial charge in [-0.3, -0.25) is 0 Å². The van der Waals surface area contributed by atoms with E-state index in [2.05, 4.69) is 43.2 Å². The van der Waals surface area contributed by atoms with Crippen LogP contribution in [0.5, 0.6) is 5.75 Å². The van der Waals surface area contributed by atoms with Gasteiger partial charge in [0.15, 0.2) is 0 Å². The highest BCUT2D eigenvalue weighted by atomic mass is 32.1. The first-order valence-electron chi connectivity index (χ1n) is 9.08. The Morgan fingerprint density at radius 2 is 1.82 bits per heavy atom. The van der Waals surface area contributed by atoms with E-state index in [9.17, 15) is 4.79 Å². The summed E-state index contributed by atoms with van der Waals surface area (Å²) in [5, 5.41) is 1.15. The van der Waals surface area contributed by atoms with Gasteiger partial charge in [0.1, 0.15) is 10.4 Å². The highest BCUT2D eigenvalue weighted by molar-refractivity contribution is 7.71. The van der Waals surface area contributed by atoms with Crippen LogP contribution in [0.1, 0.15) is 26.8 Å². The third-order valence-electron chi connectivity index (χ3n) is 4.39. The maximum Gasteiger partial charge on any atom is 0.335 e. The van der Waals surface area contributed by atoms with Crippen LogP contribution in [0, 0.1) is 4.64 Å². The Hall–Kier alpha value is -2.92. The molecule has 3 rings (SSSR count). The molecule has 28 heavy (non-hydrogen) atoms. The lowest BCUT2D eigenvalue weighted by atomic mass is 10.0. The van der Waals surface area contributed by atoms with Crippen LogP contribution >= 0.6 is 12.2 Å². The van der Waals surface area contributed by atoms with E-state index in [1.54, 1.807) is 6.92 Å². The van der Waals surface area contributed by atoms with Gasteiger partial charge in [-0.05, 0) is 56.0 Å². The van der Waals surface area contributed by atoms with Crippen LogP contribution < -0.4 is 4.74 Å². The Kier molecular flexibility index (Phi) is 5.95. The first-order valence-corrected chi connectivity index (χ1v) is 9.49. The Balaban J connectivity index is 1.89. The Morgan fingerprint density at radius 3 is 2.46 bits per heavy atom. The second-order valence-corrected chi connectivity index (χ2v) is 7.27. The van der Waals surface area contributed by atoms with E-state index in [0.29, 0.717) is 11.3 Å². The fourth-order valence-electron chi connectivity index (χ4n) is 3.01. The predicted octanol–water partition coefficient (Wildman–Crippen LogP) is 6.07. The molecule has 0 unspecified atom stereocenters. The Labute approximate surface area is 170 Å². The lowest BCUT2D eigenvalue weighted by Crippen LogP contribution is -2.10. The molecule has 4 nitrogen and oxygen atoms in total. The van der Waals surface area contributed by atoms with Gasteiger partial charge in [-0.1, -0.05) is 49.1 Å². The van der Waals surface area contributed by atoms with Crippen molar-refractivity contribution in [3.63, 3.8) is 0 Å². The van der Waals surface area contributed by atoms with Crippen molar-refractivity contribution in [2.24, 2.45) is 0 Å². The molecule has 0 saturated carbocycles. The summed E-state index contributed by atoms with van der Waals surface area (Å²) in [7, 11) is 0. The number of ether oxygens (including phenoxy) is 2. The molecule has 0 amide bonds.